The lowest BCUT2D eigenvalue weighted by molar-refractivity contribution is -0.148. The molecule has 2 aromatic carbocycles. The molecule has 7 rings (SSSR count). The molecule has 7 heteroatoms. The standard InChI is InChI=1S/C27H26N2O5/c30-25(29-13-16-12-23(29)24(16)26(31)32)15-9-10-17(11-15)28-27(33)34-14-22-20-7-3-1-5-18(20)19-6-2-4-8-21(19)22/h1-9,16-17,22-24H,10-14H2,(H,28,33)(H,31,32). The van der Waals surface area contributed by atoms with E-state index in [4.69, 9.17) is 4.74 Å². The molecule has 174 valence electrons. The molecular weight excluding hydrogens is 432 g/mol. The normalized spacial score (nSPS) is 26.4. The summed E-state index contributed by atoms with van der Waals surface area (Å²) in [7, 11) is 0. The molecule has 2 amide bonds. The Balaban J connectivity index is 1.04. The van der Waals surface area contributed by atoms with E-state index in [1.165, 1.54) is 11.1 Å². The van der Waals surface area contributed by atoms with Crippen LogP contribution in [0.5, 0.6) is 0 Å². The lowest BCUT2D eigenvalue weighted by atomic mass is 9.74. The van der Waals surface area contributed by atoms with Crippen LogP contribution in [0.25, 0.3) is 11.1 Å². The number of hydrogen-bond donors (Lipinski definition) is 2. The van der Waals surface area contributed by atoms with Gasteiger partial charge in [0.05, 0.1) is 5.92 Å². The number of nitrogens with one attached hydrogen (secondary N) is 1. The third-order valence-electron chi connectivity index (χ3n) is 7.90. The van der Waals surface area contributed by atoms with Crippen molar-refractivity contribution in [1.29, 1.82) is 0 Å². The van der Waals surface area contributed by atoms with E-state index < -0.39 is 18.0 Å². The predicted octanol–water partition coefficient (Wildman–Crippen LogP) is 3.55. The lowest BCUT2D eigenvalue weighted by Gasteiger charge is -2.33. The number of alkyl carbamates (subject to hydrolysis) is 1. The number of carboxylic acids is 1. The van der Waals surface area contributed by atoms with Crippen LogP contribution >= 0.6 is 0 Å². The molecule has 2 aromatic rings. The van der Waals surface area contributed by atoms with Crippen LogP contribution in [0.1, 0.15) is 36.3 Å². The number of fused-ring (bicyclic) bond motifs is 4. The Labute approximate surface area is 197 Å². The van der Waals surface area contributed by atoms with Crippen LogP contribution in [0, 0.1) is 11.8 Å². The molecular formula is C27H26N2O5. The highest BCUT2D eigenvalue weighted by Crippen LogP contribution is 2.47. The maximum absolute atomic E-state index is 12.9. The molecule has 2 aliphatic heterocycles. The highest BCUT2D eigenvalue weighted by Gasteiger charge is 2.57. The Bertz CT molecular complexity index is 1180. The van der Waals surface area contributed by atoms with Crippen molar-refractivity contribution in [3.8, 4) is 11.1 Å². The average Bonchev–Trinajstić information content (AvgIpc) is 3.59. The number of ether oxygens (including phenoxy) is 1. The van der Waals surface area contributed by atoms with Crippen molar-refractivity contribution in [2.75, 3.05) is 13.2 Å². The second-order valence-electron chi connectivity index (χ2n) is 9.72. The molecule has 7 nitrogen and oxygen atoms in total. The summed E-state index contributed by atoms with van der Waals surface area (Å²) in [6.07, 6.45) is 3.16. The zero-order chi connectivity index (χ0) is 23.4. The van der Waals surface area contributed by atoms with E-state index in [2.05, 4.69) is 29.6 Å². The number of carbonyl (C=O) groups is 3. The summed E-state index contributed by atoms with van der Waals surface area (Å²) in [4.78, 5) is 38.6. The van der Waals surface area contributed by atoms with Gasteiger partial charge in [-0.15, -0.1) is 0 Å². The first-order valence-corrected chi connectivity index (χ1v) is 11.9. The predicted molar refractivity (Wildman–Crippen MR) is 124 cm³/mol. The van der Waals surface area contributed by atoms with Gasteiger partial charge in [-0.2, -0.15) is 0 Å². The summed E-state index contributed by atoms with van der Waals surface area (Å²) in [6, 6.07) is 16.0. The third kappa shape index (κ3) is 3.30. The monoisotopic (exact) mass is 458 g/mol. The van der Waals surface area contributed by atoms with Crippen LogP contribution in [-0.4, -0.2) is 53.2 Å². The van der Waals surface area contributed by atoms with Gasteiger partial charge >= 0.3 is 12.1 Å². The van der Waals surface area contributed by atoms with Crippen molar-refractivity contribution in [1.82, 2.24) is 10.2 Å². The Morgan fingerprint density at radius 1 is 1.03 bits per heavy atom. The third-order valence-corrected chi connectivity index (χ3v) is 7.90. The van der Waals surface area contributed by atoms with E-state index in [1.807, 2.05) is 30.3 Å². The number of carbonyl (C=O) groups excluding carboxylic acids is 2. The number of rotatable bonds is 5. The van der Waals surface area contributed by atoms with E-state index in [-0.39, 0.29) is 36.4 Å². The molecule has 4 unspecified atom stereocenters. The van der Waals surface area contributed by atoms with Crippen molar-refractivity contribution < 1.29 is 24.2 Å². The van der Waals surface area contributed by atoms with Gasteiger partial charge in [0.15, 0.2) is 0 Å². The van der Waals surface area contributed by atoms with Gasteiger partial charge in [0, 0.05) is 30.1 Å². The second kappa shape index (κ2) is 8.01. The Hall–Kier alpha value is -3.61. The maximum atomic E-state index is 12.9. The molecule has 0 spiro atoms. The molecule has 3 fully saturated rings. The number of hydrogen-bond acceptors (Lipinski definition) is 4. The molecule has 2 saturated heterocycles. The average molecular weight is 459 g/mol. The van der Waals surface area contributed by atoms with Gasteiger partial charge < -0.3 is 20.1 Å². The molecule has 34 heavy (non-hydrogen) atoms. The van der Waals surface area contributed by atoms with Crippen LogP contribution in [0.2, 0.25) is 0 Å². The van der Waals surface area contributed by atoms with Crippen LogP contribution in [-0.2, 0) is 14.3 Å². The molecule has 5 aliphatic rings. The van der Waals surface area contributed by atoms with Gasteiger partial charge in [0.25, 0.3) is 0 Å². The summed E-state index contributed by atoms with van der Waals surface area (Å²) >= 11 is 0. The number of amides is 2. The first-order valence-electron chi connectivity index (χ1n) is 11.9. The summed E-state index contributed by atoms with van der Waals surface area (Å²) in [5, 5.41) is 12.2. The van der Waals surface area contributed by atoms with Crippen molar-refractivity contribution >= 4 is 18.0 Å². The van der Waals surface area contributed by atoms with Gasteiger partial charge in [0.2, 0.25) is 5.91 Å². The van der Waals surface area contributed by atoms with Crippen molar-refractivity contribution in [3.63, 3.8) is 0 Å². The summed E-state index contributed by atoms with van der Waals surface area (Å²) < 4.78 is 5.63. The smallest absolute Gasteiger partial charge is 0.407 e. The number of carboxylic acid groups (broad SMARTS) is 1. The molecule has 3 aliphatic carbocycles. The summed E-state index contributed by atoms with van der Waals surface area (Å²) in [5.74, 6) is -1.26. The molecule has 2 bridgehead atoms. The minimum Gasteiger partial charge on any atom is -0.481 e. The Morgan fingerprint density at radius 3 is 2.35 bits per heavy atom. The van der Waals surface area contributed by atoms with Gasteiger partial charge in [-0.3, -0.25) is 9.59 Å². The Morgan fingerprint density at radius 2 is 1.71 bits per heavy atom. The first-order chi connectivity index (χ1) is 16.5. The van der Waals surface area contributed by atoms with Gasteiger partial charge in [-0.05, 0) is 47.4 Å². The van der Waals surface area contributed by atoms with E-state index in [0.717, 1.165) is 17.5 Å². The lowest BCUT2D eigenvalue weighted by Crippen LogP contribution is -2.45. The highest BCUT2D eigenvalue weighted by molar-refractivity contribution is 5.95. The van der Waals surface area contributed by atoms with Crippen molar-refractivity contribution in [2.45, 2.75) is 37.3 Å². The molecule has 1 saturated carbocycles. The number of aliphatic carboxylic acids is 1. The molecule has 0 aromatic heterocycles. The second-order valence-corrected chi connectivity index (χ2v) is 9.72. The largest absolute Gasteiger partial charge is 0.481 e. The van der Waals surface area contributed by atoms with E-state index in [0.29, 0.717) is 25.0 Å². The van der Waals surface area contributed by atoms with E-state index in [9.17, 15) is 19.5 Å². The van der Waals surface area contributed by atoms with Crippen LogP contribution in [0.4, 0.5) is 4.79 Å². The van der Waals surface area contributed by atoms with Gasteiger partial charge in [-0.25, -0.2) is 4.79 Å². The van der Waals surface area contributed by atoms with Crippen LogP contribution in [0.15, 0.2) is 60.2 Å². The fourth-order valence-electron chi connectivity index (χ4n) is 6.21. The van der Waals surface area contributed by atoms with Crippen molar-refractivity contribution in [3.05, 3.63) is 71.3 Å². The molecule has 2 heterocycles. The Kier molecular flexibility index (Phi) is 4.94. The van der Waals surface area contributed by atoms with E-state index in [1.54, 1.807) is 4.90 Å². The fraction of sp³-hybridized carbons (Fsp3) is 0.370. The molecule has 4 atom stereocenters. The SMILES string of the molecule is O=C(NC1CC=C(C(=O)N2CC3CC2C3C(=O)O)C1)OCC1c2ccccc2-c2ccccc21. The fourth-order valence-corrected chi connectivity index (χ4v) is 6.21. The number of nitrogens with zero attached hydrogens (tertiary/aromatic N) is 1. The topological polar surface area (TPSA) is 95.9 Å². The summed E-state index contributed by atoms with van der Waals surface area (Å²) in [6.45, 7) is 0.765. The first kappa shape index (κ1) is 21.0. The summed E-state index contributed by atoms with van der Waals surface area (Å²) in [5.41, 5.74) is 5.34. The van der Waals surface area contributed by atoms with Crippen molar-refractivity contribution in [2.24, 2.45) is 11.8 Å². The van der Waals surface area contributed by atoms with Crippen LogP contribution in [0.3, 0.4) is 0 Å². The van der Waals surface area contributed by atoms with Crippen LogP contribution < -0.4 is 5.32 Å². The maximum Gasteiger partial charge on any atom is 0.407 e. The number of benzene rings is 2. The zero-order valence-corrected chi connectivity index (χ0v) is 18.6. The molecule has 2 N–H and O–H groups in total. The van der Waals surface area contributed by atoms with Gasteiger partial charge in [0.1, 0.15) is 6.61 Å². The molecule has 0 radical (unpaired) electrons. The van der Waals surface area contributed by atoms with E-state index >= 15 is 0 Å². The minimum absolute atomic E-state index is 0.000766. The highest BCUT2D eigenvalue weighted by atomic mass is 16.5. The minimum atomic E-state index is -0.813. The quantitative estimate of drug-likeness (QED) is 0.715. The van der Waals surface area contributed by atoms with Gasteiger partial charge in [-0.1, -0.05) is 54.6 Å². The zero-order valence-electron chi connectivity index (χ0n) is 18.6.